The van der Waals surface area contributed by atoms with Crippen molar-refractivity contribution in [2.45, 2.75) is 20.3 Å². The summed E-state index contributed by atoms with van der Waals surface area (Å²) >= 11 is 6.44. The highest BCUT2D eigenvalue weighted by molar-refractivity contribution is 6.31. The zero-order chi connectivity index (χ0) is 15.5. The number of hydrogen-bond acceptors (Lipinski definition) is 3. The fourth-order valence-corrected chi connectivity index (χ4v) is 3.45. The molecule has 2 aromatic rings. The molecular formula is C18H22ClN3. The van der Waals surface area contributed by atoms with E-state index in [0.29, 0.717) is 0 Å². The Morgan fingerprint density at radius 1 is 1.18 bits per heavy atom. The predicted molar refractivity (Wildman–Crippen MR) is 93.9 cm³/mol. The topological polar surface area (TPSA) is 28.2 Å². The molecule has 1 aliphatic heterocycles. The smallest absolute Gasteiger partial charge is 0.129 e. The molecule has 116 valence electrons. The van der Waals surface area contributed by atoms with E-state index in [0.717, 1.165) is 43.4 Å². The second-order valence-corrected chi connectivity index (χ2v) is 6.15. The number of nitrogens with one attached hydrogen (secondary N) is 1. The highest BCUT2D eigenvalue weighted by Gasteiger charge is 2.13. The van der Waals surface area contributed by atoms with Crippen LogP contribution in [0.3, 0.4) is 0 Å². The Kier molecular flexibility index (Phi) is 4.65. The van der Waals surface area contributed by atoms with Gasteiger partial charge in [-0.2, -0.15) is 0 Å². The van der Waals surface area contributed by atoms with E-state index in [1.807, 2.05) is 6.20 Å². The Labute approximate surface area is 137 Å². The Morgan fingerprint density at radius 2 is 1.95 bits per heavy atom. The number of anilines is 1. The van der Waals surface area contributed by atoms with Crippen molar-refractivity contribution >= 4 is 17.4 Å². The number of piperazine rings is 1. The Morgan fingerprint density at radius 3 is 2.64 bits per heavy atom. The average molecular weight is 316 g/mol. The minimum atomic E-state index is 0.859. The van der Waals surface area contributed by atoms with E-state index in [4.69, 9.17) is 11.6 Å². The van der Waals surface area contributed by atoms with Gasteiger partial charge in [0, 0.05) is 37.4 Å². The van der Waals surface area contributed by atoms with Gasteiger partial charge in [-0.05, 0) is 53.8 Å². The van der Waals surface area contributed by atoms with Crippen LogP contribution in [0.25, 0.3) is 11.1 Å². The van der Waals surface area contributed by atoms with E-state index < -0.39 is 0 Å². The van der Waals surface area contributed by atoms with Crippen molar-refractivity contribution in [3.05, 3.63) is 46.6 Å². The number of benzene rings is 1. The molecule has 1 saturated heterocycles. The summed E-state index contributed by atoms with van der Waals surface area (Å²) in [6.45, 7) is 8.32. The first kappa shape index (κ1) is 15.3. The Hall–Kier alpha value is -1.58. The predicted octanol–water partition coefficient (Wildman–Crippen LogP) is 3.68. The SMILES string of the molecule is CCc1c(C)cc(-c2ccnc(N3CCNCC3)c2)cc1Cl. The molecule has 0 aliphatic carbocycles. The van der Waals surface area contributed by atoms with Gasteiger partial charge in [-0.3, -0.25) is 0 Å². The van der Waals surface area contributed by atoms with Gasteiger partial charge in [0.2, 0.25) is 0 Å². The lowest BCUT2D eigenvalue weighted by atomic mass is 9.99. The second-order valence-electron chi connectivity index (χ2n) is 5.75. The molecule has 1 N–H and O–H groups in total. The van der Waals surface area contributed by atoms with Gasteiger partial charge in [-0.15, -0.1) is 0 Å². The zero-order valence-corrected chi connectivity index (χ0v) is 14.0. The van der Waals surface area contributed by atoms with Crippen LogP contribution in [0.4, 0.5) is 5.82 Å². The van der Waals surface area contributed by atoms with Crippen LogP contribution in [0.1, 0.15) is 18.1 Å². The maximum Gasteiger partial charge on any atom is 0.129 e. The summed E-state index contributed by atoms with van der Waals surface area (Å²) in [5.41, 5.74) is 4.84. The normalized spacial score (nSPS) is 15.1. The third-order valence-corrected chi connectivity index (χ3v) is 4.63. The Balaban J connectivity index is 1.95. The van der Waals surface area contributed by atoms with E-state index in [2.05, 4.69) is 53.3 Å². The molecule has 0 unspecified atom stereocenters. The number of rotatable bonds is 3. The fraction of sp³-hybridized carbons (Fsp3) is 0.389. The van der Waals surface area contributed by atoms with Crippen LogP contribution in [0.15, 0.2) is 30.5 Å². The summed E-state index contributed by atoms with van der Waals surface area (Å²) in [4.78, 5) is 6.86. The molecule has 0 bridgehead atoms. The molecule has 0 saturated carbocycles. The number of nitrogens with zero attached hydrogens (tertiary/aromatic N) is 2. The average Bonchev–Trinajstić information content (AvgIpc) is 2.55. The number of aromatic nitrogens is 1. The first-order chi connectivity index (χ1) is 10.7. The molecule has 2 heterocycles. The van der Waals surface area contributed by atoms with Gasteiger partial charge in [-0.25, -0.2) is 4.98 Å². The number of pyridine rings is 1. The summed E-state index contributed by atoms with van der Waals surface area (Å²) in [5.74, 6) is 1.05. The number of aryl methyl sites for hydroxylation is 1. The molecule has 0 spiro atoms. The van der Waals surface area contributed by atoms with Crippen LogP contribution in [-0.4, -0.2) is 31.2 Å². The van der Waals surface area contributed by atoms with E-state index in [9.17, 15) is 0 Å². The van der Waals surface area contributed by atoms with Crippen molar-refractivity contribution in [2.24, 2.45) is 0 Å². The summed E-state index contributed by atoms with van der Waals surface area (Å²) in [5, 5.41) is 4.23. The molecule has 3 nitrogen and oxygen atoms in total. The van der Waals surface area contributed by atoms with E-state index >= 15 is 0 Å². The standard InChI is InChI=1S/C18H22ClN3/c1-3-16-13(2)10-15(11-17(16)19)14-4-5-21-18(12-14)22-8-6-20-7-9-22/h4-5,10-12,20H,3,6-9H2,1-2H3. The van der Waals surface area contributed by atoms with Gasteiger partial charge in [0.15, 0.2) is 0 Å². The van der Waals surface area contributed by atoms with Crippen molar-refractivity contribution in [2.75, 3.05) is 31.1 Å². The van der Waals surface area contributed by atoms with Gasteiger partial charge in [0.05, 0.1) is 0 Å². The molecule has 0 atom stereocenters. The zero-order valence-electron chi connectivity index (χ0n) is 13.2. The van der Waals surface area contributed by atoms with Gasteiger partial charge in [0.1, 0.15) is 5.82 Å². The van der Waals surface area contributed by atoms with Crippen LogP contribution >= 0.6 is 11.6 Å². The van der Waals surface area contributed by atoms with E-state index in [1.165, 1.54) is 22.3 Å². The summed E-state index contributed by atoms with van der Waals surface area (Å²) in [7, 11) is 0. The quantitative estimate of drug-likeness (QED) is 0.936. The van der Waals surface area contributed by atoms with E-state index in [-0.39, 0.29) is 0 Å². The third kappa shape index (κ3) is 3.11. The minimum absolute atomic E-state index is 0.859. The molecule has 3 rings (SSSR count). The number of halogens is 1. The third-order valence-electron chi connectivity index (χ3n) is 4.29. The maximum absolute atomic E-state index is 6.44. The van der Waals surface area contributed by atoms with Gasteiger partial charge in [0.25, 0.3) is 0 Å². The highest BCUT2D eigenvalue weighted by atomic mass is 35.5. The van der Waals surface area contributed by atoms with Gasteiger partial charge >= 0.3 is 0 Å². The van der Waals surface area contributed by atoms with Crippen molar-refractivity contribution < 1.29 is 0 Å². The lowest BCUT2D eigenvalue weighted by molar-refractivity contribution is 0.585. The fourth-order valence-electron chi connectivity index (χ4n) is 3.05. The summed E-state index contributed by atoms with van der Waals surface area (Å²) < 4.78 is 0. The largest absolute Gasteiger partial charge is 0.354 e. The maximum atomic E-state index is 6.44. The molecule has 0 amide bonds. The van der Waals surface area contributed by atoms with Crippen LogP contribution in [0, 0.1) is 6.92 Å². The monoisotopic (exact) mass is 315 g/mol. The van der Waals surface area contributed by atoms with Crippen LogP contribution < -0.4 is 10.2 Å². The van der Waals surface area contributed by atoms with Crippen LogP contribution in [0.5, 0.6) is 0 Å². The number of hydrogen-bond donors (Lipinski definition) is 1. The van der Waals surface area contributed by atoms with Gasteiger partial charge in [-0.1, -0.05) is 24.6 Å². The van der Waals surface area contributed by atoms with Gasteiger partial charge < -0.3 is 10.2 Å². The molecule has 1 aliphatic rings. The van der Waals surface area contributed by atoms with Crippen molar-refractivity contribution in [3.8, 4) is 11.1 Å². The Bertz CT molecular complexity index is 640. The lowest BCUT2D eigenvalue weighted by Gasteiger charge is -2.28. The first-order valence-electron chi connectivity index (χ1n) is 7.90. The molecular weight excluding hydrogens is 294 g/mol. The first-order valence-corrected chi connectivity index (χ1v) is 8.28. The van der Waals surface area contributed by atoms with Crippen molar-refractivity contribution in [1.29, 1.82) is 0 Å². The minimum Gasteiger partial charge on any atom is -0.354 e. The summed E-state index contributed by atoms with van der Waals surface area (Å²) in [6.07, 6.45) is 2.86. The molecule has 1 aromatic heterocycles. The molecule has 4 heteroatoms. The van der Waals surface area contributed by atoms with Crippen LogP contribution in [0.2, 0.25) is 5.02 Å². The summed E-state index contributed by atoms with van der Waals surface area (Å²) in [6, 6.07) is 8.52. The highest BCUT2D eigenvalue weighted by Crippen LogP contribution is 2.30. The molecule has 1 fully saturated rings. The van der Waals surface area contributed by atoms with Crippen LogP contribution in [-0.2, 0) is 6.42 Å². The van der Waals surface area contributed by atoms with Crippen molar-refractivity contribution in [1.82, 2.24) is 10.3 Å². The molecule has 0 radical (unpaired) electrons. The molecule has 22 heavy (non-hydrogen) atoms. The van der Waals surface area contributed by atoms with Crippen molar-refractivity contribution in [3.63, 3.8) is 0 Å². The molecule has 1 aromatic carbocycles. The second kappa shape index (κ2) is 6.67. The lowest BCUT2D eigenvalue weighted by Crippen LogP contribution is -2.43. The van der Waals surface area contributed by atoms with E-state index in [1.54, 1.807) is 0 Å².